The molecule has 1 N–H and O–H groups in total. The molecule has 2 aromatic rings. The maximum atomic E-state index is 12.3. The largest absolute Gasteiger partial charge is 0.351 e. The van der Waals surface area contributed by atoms with Crippen LogP contribution in [-0.2, 0) is 16.0 Å². The molecule has 1 heterocycles. The number of aryl methyl sites for hydroxylation is 1. The molecular formula is C20H21N3O2. The molecule has 1 aliphatic heterocycles. The fourth-order valence-electron chi connectivity index (χ4n) is 2.73. The van der Waals surface area contributed by atoms with Crippen LogP contribution in [0, 0.1) is 0 Å². The second kappa shape index (κ2) is 8.24. The van der Waals surface area contributed by atoms with Gasteiger partial charge in [-0.3, -0.25) is 9.59 Å². The Kier molecular flexibility index (Phi) is 5.57. The van der Waals surface area contributed by atoms with E-state index in [-0.39, 0.29) is 11.8 Å². The zero-order valence-electron chi connectivity index (χ0n) is 14.0. The third kappa shape index (κ3) is 4.53. The topological polar surface area (TPSA) is 61.8 Å². The Balaban J connectivity index is 1.55. The maximum Gasteiger partial charge on any atom is 0.267 e. The number of carbonyl (C=O) groups is 2. The molecule has 5 nitrogen and oxygen atoms in total. The first-order chi connectivity index (χ1) is 12.2. The number of nitrogens with one attached hydrogen (secondary N) is 1. The molecule has 25 heavy (non-hydrogen) atoms. The first-order valence-electron chi connectivity index (χ1n) is 8.51. The molecule has 0 aromatic heterocycles. The Morgan fingerprint density at radius 2 is 1.68 bits per heavy atom. The summed E-state index contributed by atoms with van der Waals surface area (Å²) in [7, 11) is 0. The van der Waals surface area contributed by atoms with Crippen molar-refractivity contribution in [1.82, 2.24) is 5.32 Å². The SMILES string of the molecule is O=C(NCCCc1ccccc1)C1=NN(c2ccccc2)C(=O)CC1. The number of hydrogen-bond acceptors (Lipinski definition) is 3. The molecule has 2 aromatic carbocycles. The summed E-state index contributed by atoms with van der Waals surface area (Å²) in [6, 6.07) is 19.4. The highest BCUT2D eigenvalue weighted by molar-refractivity contribution is 6.40. The fourth-order valence-corrected chi connectivity index (χ4v) is 2.73. The minimum absolute atomic E-state index is 0.0909. The molecule has 3 rings (SSSR count). The number of para-hydroxylation sites is 1. The summed E-state index contributed by atoms with van der Waals surface area (Å²) >= 11 is 0. The van der Waals surface area contributed by atoms with Crippen molar-refractivity contribution in [2.24, 2.45) is 5.10 Å². The maximum absolute atomic E-state index is 12.3. The van der Waals surface area contributed by atoms with E-state index < -0.39 is 0 Å². The van der Waals surface area contributed by atoms with E-state index in [1.54, 1.807) is 0 Å². The van der Waals surface area contributed by atoms with Crippen LogP contribution in [0.25, 0.3) is 0 Å². The molecule has 0 aliphatic carbocycles. The molecule has 2 amide bonds. The Morgan fingerprint density at radius 3 is 2.40 bits per heavy atom. The average molecular weight is 335 g/mol. The van der Waals surface area contributed by atoms with Gasteiger partial charge in [0, 0.05) is 19.4 Å². The lowest BCUT2D eigenvalue weighted by Gasteiger charge is -2.23. The van der Waals surface area contributed by atoms with Crippen molar-refractivity contribution >= 4 is 23.2 Å². The number of nitrogens with zero attached hydrogens (tertiary/aromatic N) is 2. The fraction of sp³-hybridized carbons (Fsp3) is 0.250. The van der Waals surface area contributed by atoms with Crippen molar-refractivity contribution in [3.63, 3.8) is 0 Å². The van der Waals surface area contributed by atoms with Crippen LogP contribution in [-0.4, -0.2) is 24.1 Å². The lowest BCUT2D eigenvalue weighted by atomic mass is 10.1. The molecule has 0 bridgehead atoms. The Bertz CT molecular complexity index is 757. The number of hydrazone groups is 1. The summed E-state index contributed by atoms with van der Waals surface area (Å²) < 4.78 is 0. The Hall–Kier alpha value is -2.95. The van der Waals surface area contributed by atoms with Crippen molar-refractivity contribution in [3.8, 4) is 0 Å². The molecule has 0 saturated heterocycles. The van der Waals surface area contributed by atoms with Crippen LogP contribution in [0.2, 0.25) is 0 Å². The monoisotopic (exact) mass is 335 g/mol. The minimum Gasteiger partial charge on any atom is -0.351 e. The number of anilines is 1. The van der Waals surface area contributed by atoms with Crippen LogP contribution in [0.4, 0.5) is 5.69 Å². The van der Waals surface area contributed by atoms with E-state index in [4.69, 9.17) is 0 Å². The van der Waals surface area contributed by atoms with Gasteiger partial charge in [-0.15, -0.1) is 0 Å². The smallest absolute Gasteiger partial charge is 0.267 e. The third-order valence-electron chi connectivity index (χ3n) is 4.07. The Morgan fingerprint density at radius 1 is 1.00 bits per heavy atom. The summed E-state index contributed by atoms with van der Waals surface area (Å²) in [4.78, 5) is 24.4. The van der Waals surface area contributed by atoms with Crippen molar-refractivity contribution in [2.75, 3.05) is 11.6 Å². The number of rotatable bonds is 6. The van der Waals surface area contributed by atoms with E-state index in [2.05, 4.69) is 22.6 Å². The zero-order chi connectivity index (χ0) is 17.5. The molecule has 1 aliphatic rings. The lowest BCUT2D eigenvalue weighted by molar-refractivity contribution is -0.118. The predicted molar refractivity (Wildman–Crippen MR) is 98.4 cm³/mol. The van der Waals surface area contributed by atoms with Crippen LogP contribution >= 0.6 is 0 Å². The van der Waals surface area contributed by atoms with Gasteiger partial charge >= 0.3 is 0 Å². The second-order valence-electron chi connectivity index (χ2n) is 5.93. The van der Waals surface area contributed by atoms with Gasteiger partial charge in [0.1, 0.15) is 5.71 Å². The van der Waals surface area contributed by atoms with Crippen molar-refractivity contribution in [1.29, 1.82) is 0 Å². The van der Waals surface area contributed by atoms with E-state index in [1.807, 2.05) is 48.5 Å². The second-order valence-corrected chi connectivity index (χ2v) is 5.93. The molecular weight excluding hydrogens is 314 g/mol. The number of carbonyl (C=O) groups excluding carboxylic acids is 2. The van der Waals surface area contributed by atoms with Crippen LogP contribution in [0.15, 0.2) is 65.8 Å². The van der Waals surface area contributed by atoms with Crippen molar-refractivity contribution < 1.29 is 9.59 Å². The molecule has 0 radical (unpaired) electrons. The zero-order valence-corrected chi connectivity index (χ0v) is 14.0. The van der Waals surface area contributed by atoms with Gasteiger partial charge in [-0.05, 0) is 30.5 Å². The summed E-state index contributed by atoms with van der Waals surface area (Å²) in [5, 5.41) is 8.48. The first kappa shape index (κ1) is 16.9. The number of benzene rings is 2. The van der Waals surface area contributed by atoms with Gasteiger partial charge in [0.2, 0.25) is 5.91 Å². The molecule has 0 unspecified atom stereocenters. The molecule has 128 valence electrons. The van der Waals surface area contributed by atoms with Gasteiger partial charge in [0.25, 0.3) is 5.91 Å². The predicted octanol–water partition coefficient (Wildman–Crippen LogP) is 2.92. The number of amides is 2. The van der Waals surface area contributed by atoms with Crippen LogP contribution < -0.4 is 10.3 Å². The van der Waals surface area contributed by atoms with Crippen LogP contribution in [0.3, 0.4) is 0 Å². The standard InChI is InChI=1S/C20H21N3O2/c24-19-14-13-18(22-23(19)17-11-5-2-6-12-17)20(25)21-15-7-10-16-8-3-1-4-9-16/h1-6,8-9,11-12H,7,10,13-15H2,(H,21,25). The van der Waals surface area contributed by atoms with Gasteiger partial charge in [-0.2, -0.15) is 5.10 Å². The van der Waals surface area contributed by atoms with Crippen molar-refractivity contribution in [3.05, 3.63) is 66.2 Å². The molecule has 5 heteroatoms. The first-order valence-corrected chi connectivity index (χ1v) is 8.51. The minimum atomic E-state index is -0.193. The average Bonchev–Trinajstić information content (AvgIpc) is 2.67. The summed E-state index contributed by atoms with van der Waals surface area (Å²) in [5.41, 5.74) is 2.34. The van der Waals surface area contributed by atoms with E-state index in [0.29, 0.717) is 30.8 Å². The molecule has 0 spiro atoms. The summed E-state index contributed by atoms with van der Waals surface area (Å²) in [6.07, 6.45) is 2.46. The van der Waals surface area contributed by atoms with Gasteiger partial charge in [0.05, 0.1) is 5.69 Å². The Labute approximate surface area is 147 Å². The van der Waals surface area contributed by atoms with Crippen LogP contribution in [0.5, 0.6) is 0 Å². The molecule has 0 atom stereocenters. The number of hydrogen-bond donors (Lipinski definition) is 1. The van der Waals surface area contributed by atoms with Gasteiger partial charge in [0.15, 0.2) is 0 Å². The van der Waals surface area contributed by atoms with Gasteiger partial charge in [-0.1, -0.05) is 48.5 Å². The third-order valence-corrected chi connectivity index (χ3v) is 4.07. The van der Waals surface area contributed by atoms with E-state index >= 15 is 0 Å². The lowest BCUT2D eigenvalue weighted by Crippen LogP contribution is -2.39. The highest BCUT2D eigenvalue weighted by Crippen LogP contribution is 2.19. The molecule has 0 fully saturated rings. The summed E-state index contributed by atoms with van der Waals surface area (Å²) in [5.74, 6) is -0.284. The van der Waals surface area contributed by atoms with Gasteiger partial charge in [-0.25, -0.2) is 5.01 Å². The summed E-state index contributed by atoms with van der Waals surface area (Å²) in [6.45, 7) is 0.589. The van der Waals surface area contributed by atoms with Crippen molar-refractivity contribution in [2.45, 2.75) is 25.7 Å². The highest BCUT2D eigenvalue weighted by atomic mass is 16.2. The van der Waals surface area contributed by atoms with Gasteiger partial charge < -0.3 is 5.32 Å². The quantitative estimate of drug-likeness (QED) is 0.825. The van der Waals surface area contributed by atoms with E-state index in [1.165, 1.54) is 10.6 Å². The normalized spacial score (nSPS) is 14.2. The van der Waals surface area contributed by atoms with Crippen LogP contribution in [0.1, 0.15) is 24.8 Å². The van der Waals surface area contributed by atoms with E-state index in [9.17, 15) is 9.59 Å². The molecule has 0 saturated carbocycles. The van der Waals surface area contributed by atoms with E-state index in [0.717, 1.165) is 12.8 Å². The highest BCUT2D eigenvalue weighted by Gasteiger charge is 2.25.